The van der Waals surface area contributed by atoms with Gasteiger partial charge in [0.2, 0.25) is 11.1 Å². The van der Waals surface area contributed by atoms with Gasteiger partial charge in [-0.15, -0.1) is 5.10 Å². The quantitative estimate of drug-likeness (QED) is 0.322. The first-order valence-electron chi connectivity index (χ1n) is 9.68. The van der Waals surface area contributed by atoms with Gasteiger partial charge in [-0.3, -0.25) is 4.79 Å². The van der Waals surface area contributed by atoms with Crippen LogP contribution in [0.4, 0.5) is 18.9 Å². The van der Waals surface area contributed by atoms with Crippen LogP contribution >= 0.6 is 23.4 Å². The number of hydrogen-bond acceptors (Lipinski definition) is 4. The molecule has 0 fully saturated rings. The summed E-state index contributed by atoms with van der Waals surface area (Å²) in [6.45, 7) is 0. The Morgan fingerprint density at radius 1 is 1.00 bits per heavy atom. The summed E-state index contributed by atoms with van der Waals surface area (Å²) in [6, 6.07) is 22.1. The summed E-state index contributed by atoms with van der Waals surface area (Å²) in [7, 11) is 0. The molecule has 5 nitrogen and oxygen atoms in total. The molecule has 10 heteroatoms. The van der Waals surface area contributed by atoms with E-state index in [9.17, 15) is 18.0 Å². The Morgan fingerprint density at radius 3 is 2.33 bits per heavy atom. The fourth-order valence-corrected chi connectivity index (χ4v) is 3.87. The van der Waals surface area contributed by atoms with Crippen LogP contribution in [0.2, 0.25) is 5.02 Å². The van der Waals surface area contributed by atoms with Gasteiger partial charge in [0.25, 0.3) is 0 Å². The number of nitrogens with zero attached hydrogens (tertiary/aromatic N) is 3. The van der Waals surface area contributed by atoms with E-state index in [1.165, 1.54) is 6.07 Å². The summed E-state index contributed by atoms with van der Waals surface area (Å²) in [4.78, 5) is 16.9. The molecule has 33 heavy (non-hydrogen) atoms. The molecule has 0 aliphatic heterocycles. The molecule has 1 amide bonds. The van der Waals surface area contributed by atoms with E-state index in [0.717, 1.165) is 35.1 Å². The van der Waals surface area contributed by atoms with Gasteiger partial charge in [0, 0.05) is 11.3 Å². The number of halogens is 4. The van der Waals surface area contributed by atoms with Gasteiger partial charge >= 0.3 is 6.18 Å². The van der Waals surface area contributed by atoms with E-state index in [0.29, 0.717) is 11.0 Å². The van der Waals surface area contributed by atoms with E-state index < -0.39 is 22.7 Å². The van der Waals surface area contributed by atoms with E-state index >= 15 is 0 Å². The molecule has 0 aliphatic rings. The fraction of sp³-hybridized carbons (Fsp3) is 0.0870. The lowest BCUT2D eigenvalue weighted by Crippen LogP contribution is -2.15. The van der Waals surface area contributed by atoms with Crippen molar-refractivity contribution in [2.75, 3.05) is 11.1 Å². The largest absolute Gasteiger partial charge is 0.417 e. The van der Waals surface area contributed by atoms with Gasteiger partial charge in [0.1, 0.15) is 0 Å². The van der Waals surface area contributed by atoms with Crippen molar-refractivity contribution in [3.8, 4) is 17.1 Å². The highest BCUT2D eigenvalue weighted by Gasteiger charge is 2.33. The van der Waals surface area contributed by atoms with Crippen molar-refractivity contribution < 1.29 is 18.0 Å². The zero-order valence-corrected chi connectivity index (χ0v) is 18.5. The number of anilines is 1. The Morgan fingerprint density at radius 2 is 1.67 bits per heavy atom. The second-order valence-electron chi connectivity index (χ2n) is 6.86. The fourth-order valence-electron chi connectivity index (χ4n) is 3.03. The molecule has 0 atom stereocenters. The van der Waals surface area contributed by atoms with Crippen LogP contribution in [0.15, 0.2) is 84.0 Å². The van der Waals surface area contributed by atoms with Crippen molar-refractivity contribution in [1.82, 2.24) is 14.8 Å². The Bertz CT molecular complexity index is 1210. The number of hydrogen-bond donors (Lipinski definition) is 1. The highest BCUT2D eigenvalue weighted by atomic mass is 35.5. The molecule has 0 unspecified atom stereocenters. The average molecular weight is 489 g/mol. The van der Waals surface area contributed by atoms with Crippen molar-refractivity contribution in [2.45, 2.75) is 11.3 Å². The molecular formula is C23H16ClF3N4OS. The molecule has 0 aliphatic carbocycles. The number of carbonyl (C=O) groups is 1. The summed E-state index contributed by atoms with van der Waals surface area (Å²) >= 11 is 6.70. The Balaban J connectivity index is 1.51. The summed E-state index contributed by atoms with van der Waals surface area (Å²) in [5, 5.41) is 6.90. The molecule has 0 bridgehead atoms. The van der Waals surface area contributed by atoms with Gasteiger partial charge < -0.3 is 5.32 Å². The monoisotopic (exact) mass is 488 g/mol. The maximum atomic E-state index is 13.0. The number of benzene rings is 3. The third-order valence-electron chi connectivity index (χ3n) is 4.51. The number of nitrogens with one attached hydrogen (secondary N) is 1. The van der Waals surface area contributed by atoms with Crippen LogP contribution in [0.1, 0.15) is 5.56 Å². The molecule has 1 N–H and O–H groups in total. The van der Waals surface area contributed by atoms with Crippen molar-refractivity contribution in [2.24, 2.45) is 0 Å². The molecular weight excluding hydrogens is 473 g/mol. The molecule has 0 radical (unpaired) electrons. The first-order valence-corrected chi connectivity index (χ1v) is 11.0. The maximum Gasteiger partial charge on any atom is 0.417 e. The van der Waals surface area contributed by atoms with Crippen LogP contribution < -0.4 is 5.32 Å². The van der Waals surface area contributed by atoms with Crippen LogP contribution in [0, 0.1) is 0 Å². The van der Waals surface area contributed by atoms with E-state index in [4.69, 9.17) is 11.6 Å². The van der Waals surface area contributed by atoms with E-state index in [1.54, 1.807) is 4.68 Å². The van der Waals surface area contributed by atoms with Gasteiger partial charge in [-0.1, -0.05) is 71.9 Å². The van der Waals surface area contributed by atoms with Gasteiger partial charge in [-0.05, 0) is 30.3 Å². The molecule has 4 rings (SSSR count). The molecule has 1 heterocycles. The molecule has 0 spiro atoms. The van der Waals surface area contributed by atoms with Crippen LogP contribution in [-0.4, -0.2) is 26.4 Å². The lowest BCUT2D eigenvalue weighted by molar-refractivity contribution is -0.137. The summed E-state index contributed by atoms with van der Waals surface area (Å²) in [6.07, 6.45) is -4.62. The van der Waals surface area contributed by atoms with Crippen molar-refractivity contribution >= 4 is 35.0 Å². The third-order valence-corrected chi connectivity index (χ3v) is 5.68. The van der Waals surface area contributed by atoms with Crippen molar-refractivity contribution in [3.05, 3.63) is 89.4 Å². The Labute approximate surface area is 196 Å². The molecule has 168 valence electrons. The SMILES string of the molecule is O=C(CSc1nc(-c2ccccc2)n(-c2ccccc2)n1)Nc1ccc(Cl)c(C(F)(F)F)c1. The second-order valence-corrected chi connectivity index (χ2v) is 8.21. The number of amides is 1. The Hall–Kier alpha value is -3.30. The lowest BCUT2D eigenvalue weighted by Gasteiger charge is -2.11. The van der Waals surface area contributed by atoms with Gasteiger partial charge in [-0.25, -0.2) is 9.67 Å². The van der Waals surface area contributed by atoms with Crippen molar-refractivity contribution in [3.63, 3.8) is 0 Å². The Kier molecular flexibility index (Phi) is 6.71. The maximum absolute atomic E-state index is 13.0. The van der Waals surface area contributed by atoms with E-state index in [1.807, 2.05) is 60.7 Å². The lowest BCUT2D eigenvalue weighted by atomic mass is 10.2. The number of alkyl halides is 3. The highest BCUT2D eigenvalue weighted by Crippen LogP contribution is 2.36. The van der Waals surface area contributed by atoms with Gasteiger partial charge in [0.05, 0.1) is 22.0 Å². The smallest absolute Gasteiger partial charge is 0.325 e. The van der Waals surface area contributed by atoms with Crippen LogP contribution in [0.25, 0.3) is 17.1 Å². The minimum absolute atomic E-state index is 0.00470. The number of rotatable bonds is 6. The zero-order valence-electron chi connectivity index (χ0n) is 16.9. The molecule has 3 aromatic carbocycles. The second kappa shape index (κ2) is 9.68. The average Bonchev–Trinajstić information content (AvgIpc) is 3.24. The summed E-state index contributed by atoms with van der Waals surface area (Å²) in [5.41, 5.74) is 0.655. The minimum atomic E-state index is -4.62. The first kappa shape index (κ1) is 22.9. The standard InChI is InChI=1S/C23H16ClF3N4OS/c24-19-12-11-16(13-18(19)23(25,26)27)28-20(32)14-33-22-29-21(15-7-3-1-4-8-15)31(30-22)17-9-5-2-6-10-17/h1-13H,14H2,(H,28,32). The number of para-hydroxylation sites is 1. The van der Waals surface area contributed by atoms with E-state index in [2.05, 4.69) is 15.4 Å². The predicted octanol–water partition coefficient (Wildman–Crippen LogP) is 6.34. The minimum Gasteiger partial charge on any atom is -0.325 e. The summed E-state index contributed by atoms with van der Waals surface area (Å²) < 4.78 is 40.8. The molecule has 0 saturated heterocycles. The number of carbonyl (C=O) groups excluding carboxylic acids is 1. The van der Waals surface area contributed by atoms with Gasteiger partial charge in [0.15, 0.2) is 5.82 Å². The summed E-state index contributed by atoms with van der Waals surface area (Å²) in [5.74, 6) is 0.0294. The first-order chi connectivity index (χ1) is 15.8. The normalized spacial score (nSPS) is 11.4. The van der Waals surface area contributed by atoms with Crippen LogP contribution in [-0.2, 0) is 11.0 Å². The van der Waals surface area contributed by atoms with Crippen LogP contribution in [0.5, 0.6) is 0 Å². The van der Waals surface area contributed by atoms with E-state index in [-0.39, 0.29) is 11.4 Å². The van der Waals surface area contributed by atoms with Crippen molar-refractivity contribution in [1.29, 1.82) is 0 Å². The zero-order chi connectivity index (χ0) is 23.4. The number of thioether (sulfide) groups is 1. The molecule has 4 aromatic rings. The van der Waals surface area contributed by atoms with Crippen LogP contribution in [0.3, 0.4) is 0 Å². The topological polar surface area (TPSA) is 59.8 Å². The molecule has 0 saturated carbocycles. The van der Waals surface area contributed by atoms with Gasteiger partial charge in [-0.2, -0.15) is 13.2 Å². The number of aromatic nitrogens is 3. The predicted molar refractivity (Wildman–Crippen MR) is 123 cm³/mol. The molecule has 1 aromatic heterocycles. The third kappa shape index (κ3) is 5.55. The highest BCUT2D eigenvalue weighted by molar-refractivity contribution is 7.99.